The summed E-state index contributed by atoms with van der Waals surface area (Å²) in [5.74, 6) is 1.48. The summed E-state index contributed by atoms with van der Waals surface area (Å²) < 4.78 is 0. The number of nitrogens with one attached hydrogen (secondary N) is 1. The summed E-state index contributed by atoms with van der Waals surface area (Å²) >= 11 is 0. The van der Waals surface area contributed by atoms with Crippen molar-refractivity contribution in [2.24, 2.45) is 5.92 Å². The second-order valence-corrected chi connectivity index (χ2v) is 7.26. The number of hydrogen-bond donors (Lipinski definition) is 1. The van der Waals surface area contributed by atoms with E-state index < -0.39 is 0 Å². The van der Waals surface area contributed by atoms with E-state index in [-0.39, 0.29) is 0 Å². The standard InChI is InChI=1S/C21H25N5/c1-16-11-24-25-20(16)10-17-6-5-9-26(14-17)15-18-12-22-21(23-13-18)19-7-3-2-4-8-19/h2-4,7-8,11-13,17H,5-6,9-10,14-15H2,1H3,(H,24,25). The molecule has 0 spiro atoms. The molecule has 3 heterocycles. The van der Waals surface area contributed by atoms with Gasteiger partial charge >= 0.3 is 0 Å². The summed E-state index contributed by atoms with van der Waals surface area (Å²) in [5, 5.41) is 7.30. The highest BCUT2D eigenvalue weighted by Gasteiger charge is 2.21. The third-order valence-electron chi connectivity index (χ3n) is 5.17. The molecule has 1 atom stereocenters. The predicted octanol–water partition coefficient (Wildman–Crippen LogP) is 3.63. The Kier molecular flexibility index (Phi) is 5.07. The molecule has 0 aliphatic carbocycles. The van der Waals surface area contributed by atoms with Crippen molar-refractivity contribution in [3.05, 3.63) is 65.7 Å². The Bertz CT molecular complexity index is 825. The fraction of sp³-hybridized carbons (Fsp3) is 0.381. The third kappa shape index (κ3) is 3.99. The zero-order valence-electron chi connectivity index (χ0n) is 15.2. The summed E-state index contributed by atoms with van der Waals surface area (Å²) in [6.07, 6.45) is 9.49. The first kappa shape index (κ1) is 16.9. The van der Waals surface area contributed by atoms with Crippen molar-refractivity contribution in [1.29, 1.82) is 0 Å². The van der Waals surface area contributed by atoms with Gasteiger partial charge in [0.05, 0.1) is 6.20 Å². The molecule has 5 heteroatoms. The van der Waals surface area contributed by atoms with Gasteiger partial charge in [-0.1, -0.05) is 30.3 Å². The van der Waals surface area contributed by atoms with Crippen molar-refractivity contribution in [2.45, 2.75) is 32.7 Å². The van der Waals surface area contributed by atoms with E-state index in [0.29, 0.717) is 5.92 Å². The summed E-state index contributed by atoms with van der Waals surface area (Å²) in [6, 6.07) is 10.1. The first-order valence-corrected chi connectivity index (χ1v) is 9.35. The van der Waals surface area contributed by atoms with Crippen molar-refractivity contribution < 1.29 is 0 Å². The zero-order valence-corrected chi connectivity index (χ0v) is 15.2. The number of rotatable bonds is 5. The van der Waals surface area contributed by atoms with E-state index >= 15 is 0 Å². The molecular weight excluding hydrogens is 322 g/mol. The lowest BCUT2D eigenvalue weighted by Crippen LogP contribution is -2.35. The van der Waals surface area contributed by atoms with Crippen LogP contribution in [-0.2, 0) is 13.0 Å². The number of hydrogen-bond acceptors (Lipinski definition) is 4. The highest BCUT2D eigenvalue weighted by Crippen LogP contribution is 2.23. The summed E-state index contributed by atoms with van der Waals surface area (Å²) in [6.45, 7) is 5.33. The summed E-state index contributed by atoms with van der Waals surface area (Å²) in [4.78, 5) is 11.6. The maximum atomic E-state index is 4.55. The molecular formula is C21H25N5. The zero-order chi connectivity index (χ0) is 17.8. The van der Waals surface area contributed by atoms with Crippen LogP contribution in [0.2, 0.25) is 0 Å². The van der Waals surface area contributed by atoms with Crippen molar-refractivity contribution in [2.75, 3.05) is 13.1 Å². The maximum Gasteiger partial charge on any atom is 0.159 e. The molecule has 3 aromatic rings. The molecule has 1 aliphatic heterocycles. The monoisotopic (exact) mass is 347 g/mol. The minimum absolute atomic E-state index is 0.687. The quantitative estimate of drug-likeness (QED) is 0.766. The largest absolute Gasteiger partial charge is 0.299 e. The average Bonchev–Trinajstić information content (AvgIpc) is 3.08. The van der Waals surface area contributed by atoms with E-state index in [1.807, 2.05) is 48.9 Å². The van der Waals surface area contributed by atoms with Crippen molar-refractivity contribution in [3.63, 3.8) is 0 Å². The molecule has 1 aromatic carbocycles. The lowest BCUT2D eigenvalue weighted by molar-refractivity contribution is 0.166. The number of aromatic nitrogens is 4. The van der Waals surface area contributed by atoms with Crippen LogP contribution in [0.25, 0.3) is 11.4 Å². The van der Waals surface area contributed by atoms with Crippen LogP contribution in [-0.4, -0.2) is 38.2 Å². The molecule has 1 fully saturated rings. The van der Waals surface area contributed by atoms with Crippen LogP contribution >= 0.6 is 0 Å². The van der Waals surface area contributed by atoms with Crippen LogP contribution in [0.1, 0.15) is 29.7 Å². The van der Waals surface area contributed by atoms with Gasteiger partial charge in [0.25, 0.3) is 0 Å². The Morgan fingerprint density at radius 2 is 1.92 bits per heavy atom. The van der Waals surface area contributed by atoms with Gasteiger partial charge in [-0.2, -0.15) is 5.10 Å². The van der Waals surface area contributed by atoms with Crippen LogP contribution in [0.4, 0.5) is 0 Å². The van der Waals surface area contributed by atoms with Gasteiger partial charge in [-0.25, -0.2) is 9.97 Å². The molecule has 0 amide bonds. The van der Waals surface area contributed by atoms with Crippen LogP contribution in [0, 0.1) is 12.8 Å². The lowest BCUT2D eigenvalue weighted by atomic mass is 9.92. The average molecular weight is 347 g/mol. The van der Waals surface area contributed by atoms with Gasteiger partial charge in [0, 0.05) is 42.3 Å². The Balaban J connectivity index is 1.37. The smallest absolute Gasteiger partial charge is 0.159 e. The summed E-state index contributed by atoms with van der Waals surface area (Å²) in [5.41, 5.74) is 4.80. The molecule has 2 aromatic heterocycles. The van der Waals surface area contributed by atoms with Crippen LogP contribution in [0.3, 0.4) is 0 Å². The minimum Gasteiger partial charge on any atom is -0.299 e. The van der Waals surface area contributed by atoms with E-state index in [1.165, 1.54) is 29.7 Å². The fourth-order valence-corrected chi connectivity index (χ4v) is 3.76. The molecule has 4 rings (SSSR count). The number of benzene rings is 1. The molecule has 1 aliphatic rings. The highest BCUT2D eigenvalue weighted by atomic mass is 15.1. The number of aromatic amines is 1. The Morgan fingerprint density at radius 3 is 2.65 bits per heavy atom. The topological polar surface area (TPSA) is 57.7 Å². The number of aryl methyl sites for hydroxylation is 1. The van der Waals surface area contributed by atoms with E-state index in [9.17, 15) is 0 Å². The normalized spacial score (nSPS) is 18.1. The maximum absolute atomic E-state index is 4.55. The molecule has 0 bridgehead atoms. The number of H-pyrrole nitrogens is 1. The fourth-order valence-electron chi connectivity index (χ4n) is 3.76. The molecule has 1 unspecified atom stereocenters. The molecule has 1 N–H and O–H groups in total. The van der Waals surface area contributed by atoms with Gasteiger partial charge < -0.3 is 0 Å². The molecule has 0 radical (unpaired) electrons. The second-order valence-electron chi connectivity index (χ2n) is 7.26. The number of nitrogens with zero attached hydrogens (tertiary/aromatic N) is 4. The van der Waals surface area contributed by atoms with Crippen LogP contribution in [0.5, 0.6) is 0 Å². The Labute approximate surface area is 154 Å². The van der Waals surface area contributed by atoms with E-state index in [4.69, 9.17) is 0 Å². The molecule has 26 heavy (non-hydrogen) atoms. The van der Waals surface area contributed by atoms with Gasteiger partial charge in [-0.3, -0.25) is 10.00 Å². The SMILES string of the molecule is Cc1cn[nH]c1CC1CCCN(Cc2cnc(-c3ccccc3)nc2)C1. The molecule has 1 saturated heterocycles. The van der Waals surface area contributed by atoms with E-state index in [2.05, 4.69) is 32.0 Å². The predicted molar refractivity (Wildman–Crippen MR) is 102 cm³/mol. The Hall–Kier alpha value is -2.53. The number of likely N-dealkylation sites (tertiary alicyclic amines) is 1. The Morgan fingerprint density at radius 1 is 1.12 bits per heavy atom. The number of piperidine rings is 1. The van der Waals surface area contributed by atoms with E-state index in [1.54, 1.807) is 0 Å². The van der Waals surface area contributed by atoms with Crippen molar-refractivity contribution >= 4 is 0 Å². The van der Waals surface area contributed by atoms with Crippen LogP contribution in [0.15, 0.2) is 48.9 Å². The minimum atomic E-state index is 0.687. The van der Waals surface area contributed by atoms with Gasteiger partial charge in [-0.05, 0) is 44.2 Å². The van der Waals surface area contributed by atoms with Crippen LogP contribution < -0.4 is 0 Å². The lowest BCUT2D eigenvalue weighted by Gasteiger charge is -2.32. The molecule has 0 saturated carbocycles. The highest BCUT2D eigenvalue weighted by molar-refractivity contribution is 5.53. The molecule has 134 valence electrons. The third-order valence-corrected chi connectivity index (χ3v) is 5.17. The second kappa shape index (κ2) is 7.79. The van der Waals surface area contributed by atoms with Crippen molar-refractivity contribution in [3.8, 4) is 11.4 Å². The van der Waals surface area contributed by atoms with Gasteiger partial charge in [-0.15, -0.1) is 0 Å². The van der Waals surface area contributed by atoms with E-state index in [0.717, 1.165) is 37.4 Å². The molecule has 5 nitrogen and oxygen atoms in total. The van der Waals surface area contributed by atoms with Gasteiger partial charge in [0.15, 0.2) is 5.82 Å². The summed E-state index contributed by atoms with van der Waals surface area (Å²) in [7, 11) is 0. The van der Waals surface area contributed by atoms with Gasteiger partial charge in [0.2, 0.25) is 0 Å². The first-order valence-electron chi connectivity index (χ1n) is 9.35. The van der Waals surface area contributed by atoms with Gasteiger partial charge in [0.1, 0.15) is 0 Å². The first-order chi connectivity index (χ1) is 12.8. The van der Waals surface area contributed by atoms with Crippen molar-refractivity contribution in [1.82, 2.24) is 25.1 Å².